The van der Waals surface area contributed by atoms with Crippen molar-refractivity contribution < 1.29 is 13.5 Å². The Labute approximate surface area is 199 Å². The van der Waals surface area contributed by atoms with E-state index in [1.54, 1.807) is 0 Å². The number of aliphatic hydroxyl groups is 1. The number of hydrogen-bond acceptors (Lipinski definition) is 7. The van der Waals surface area contributed by atoms with Gasteiger partial charge in [0.05, 0.1) is 5.39 Å². The summed E-state index contributed by atoms with van der Waals surface area (Å²) < 4.78 is 28.2. The van der Waals surface area contributed by atoms with Crippen molar-refractivity contribution in [3.63, 3.8) is 0 Å². The summed E-state index contributed by atoms with van der Waals surface area (Å²) in [6.45, 7) is 6.06. The fraction of sp³-hybridized carbons (Fsp3) is 0.417. The highest BCUT2D eigenvalue weighted by molar-refractivity contribution is 7.92. The van der Waals surface area contributed by atoms with Crippen LogP contribution in [0.1, 0.15) is 42.7 Å². The Morgan fingerprint density at radius 1 is 1.18 bits per heavy atom. The Morgan fingerprint density at radius 3 is 2.56 bits per heavy atom. The first-order valence-corrected chi connectivity index (χ1v) is 13.1. The molecule has 3 aromatic rings. The monoisotopic (exact) mass is 482 g/mol. The molecule has 2 aliphatic heterocycles. The van der Waals surface area contributed by atoms with Crippen molar-refractivity contribution in [2.75, 3.05) is 31.9 Å². The molecule has 2 atom stereocenters. The summed E-state index contributed by atoms with van der Waals surface area (Å²) >= 11 is 0. The number of nitrogen functional groups attached to an aromatic ring is 1. The van der Waals surface area contributed by atoms with Gasteiger partial charge in [-0.05, 0) is 30.4 Å². The Morgan fingerprint density at radius 2 is 1.88 bits per heavy atom. The molecule has 9 nitrogen and oxygen atoms in total. The van der Waals surface area contributed by atoms with E-state index in [0.717, 1.165) is 59.1 Å². The fourth-order valence-electron chi connectivity index (χ4n) is 5.37. The molecule has 5 rings (SSSR count). The molecule has 34 heavy (non-hydrogen) atoms. The third-order valence-electron chi connectivity index (χ3n) is 7.13. The number of aromatic nitrogens is 3. The molecule has 0 aliphatic carbocycles. The lowest BCUT2D eigenvalue weighted by Crippen LogP contribution is -2.26. The zero-order valence-electron chi connectivity index (χ0n) is 19.3. The van der Waals surface area contributed by atoms with Gasteiger partial charge in [0.15, 0.2) is 0 Å². The van der Waals surface area contributed by atoms with Gasteiger partial charge < -0.3 is 15.4 Å². The first-order chi connectivity index (χ1) is 16.3. The number of aryl methyl sites for hydroxylation is 1. The van der Waals surface area contributed by atoms with Gasteiger partial charge in [0.1, 0.15) is 24.0 Å². The van der Waals surface area contributed by atoms with Gasteiger partial charge in [-0.3, -0.25) is 4.90 Å². The van der Waals surface area contributed by atoms with Crippen molar-refractivity contribution in [3.05, 3.63) is 53.8 Å². The van der Waals surface area contributed by atoms with Gasteiger partial charge >= 0.3 is 0 Å². The first kappa shape index (κ1) is 23.0. The third kappa shape index (κ3) is 3.80. The van der Waals surface area contributed by atoms with E-state index < -0.39 is 16.3 Å². The molecule has 180 valence electrons. The molecule has 0 saturated carbocycles. The first-order valence-electron chi connectivity index (χ1n) is 11.6. The highest BCUT2D eigenvalue weighted by Crippen LogP contribution is 2.43. The zero-order chi connectivity index (χ0) is 24.0. The quantitative estimate of drug-likeness (QED) is 0.554. The lowest BCUT2D eigenvalue weighted by atomic mass is 9.94. The average molecular weight is 483 g/mol. The molecule has 2 saturated heterocycles. The van der Waals surface area contributed by atoms with Crippen molar-refractivity contribution in [1.82, 2.24) is 23.7 Å². The van der Waals surface area contributed by atoms with E-state index in [9.17, 15) is 13.5 Å². The third-order valence-corrected chi connectivity index (χ3v) is 8.61. The predicted molar refractivity (Wildman–Crippen MR) is 132 cm³/mol. The van der Waals surface area contributed by atoms with Crippen LogP contribution in [-0.2, 0) is 17.1 Å². The van der Waals surface area contributed by atoms with E-state index in [2.05, 4.69) is 21.4 Å². The highest BCUT2D eigenvalue weighted by atomic mass is 32.2. The van der Waals surface area contributed by atoms with Crippen molar-refractivity contribution in [2.45, 2.75) is 31.4 Å². The lowest BCUT2D eigenvalue weighted by molar-refractivity contribution is 0.0190. The molecule has 2 aromatic heterocycles. The van der Waals surface area contributed by atoms with E-state index >= 15 is 0 Å². The normalized spacial score (nSPS) is 20.8. The number of aliphatic hydroxyl groups excluding tert-OH is 1. The molecule has 0 spiro atoms. The van der Waals surface area contributed by atoms with Gasteiger partial charge in [-0.2, -0.15) is 4.31 Å². The minimum Gasteiger partial charge on any atom is -0.383 e. The Bertz CT molecular complexity index is 1330. The number of sulfonamides is 1. The molecular weight excluding hydrogens is 452 g/mol. The molecule has 0 radical (unpaired) electrons. The molecule has 2 unspecified atom stereocenters. The second-order valence-corrected chi connectivity index (χ2v) is 11.0. The Balaban J connectivity index is 1.59. The maximum atomic E-state index is 12.4. The number of nitrogens with two attached hydrogens (primary N) is 1. The smallest absolute Gasteiger partial charge is 0.235 e. The lowest BCUT2D eigenvalue weighted by Gasteiger charge is -2.23. The summed E-state index contributed by atoms with van der Waals surface area (Å²) in [5, 5.41) is 12.5. The summed E-state index contributed by atoms with van der Waals surface area (Å²) in [6.07, 6.45) is 3.72. The number of anilines is 1. The Kier molecular flexibility index (Phi) is 5.93. The number of hydrogen-bond donors (Lipinski definition) is 2. The molecule has 3 N–H and O–H groups in total. The predicted octanol–water partition coefficient (Wildman–Crippen LogP) is 2.57. The maximum absolute atomic E-state index is 12.4. The van der Waals surface area contributed by atoms with E-state index in [-0.39, 0.29) is 5.92 Å². The van der Waals surface area contributed by atoms with Gasteiger partial charge in [-0.25, -0.2) is 18.4 Å². The summed E-state index contributed by atoms with van der Waals surface area (Å²) in [7, 11) is -1.55. The fourth-order valence-corrected chi connectivity index (χ4v) is 6.33. The van der Waals surface area contributed by atoms with Gasteiger partial charge in [-0.15, -0.1) is 0 Å². The van der Waals surface area contributed by atoms with Crippen LogP contribution in [0.15, 0.2) is 42.6 Å². The standard InChI is InChI=1S/C24H30N6O3S/c1-3-34(32,33)30-13-10-18(14-30)21-19(20-22(25)26-15-27-23(20)28(21)2)16-6-8-17(9-7-16)24(31)29-11-4-5-12-29/h3,6-9,15,18,24,31H,1,4-5,10-14H2,2H3,(H2,25,26,27). The van der Waals surface area contributed by atoms with Crippen LogP contribution >= 0.6 is 0 Å². The molecule has 0 amide bonds. The zero-order valence-corrected chi connectivity index (χ0v) is 20.1. The SMILES string of the molecule is C=CS(=O)(=O)N1CCC(c2c(-c3ccc(C(O)N4CCCC4)cc3)c3c(N)ncnc3n2C)C1. The topological polar surface area (TPSA) is 118 Å². The van der Waals surface area contributed by atoms with Crippen LogP contribution in [0.5, 0.6) is 0 Å². The van der Waals surface area contributed by atoms with Gasteiger partial charge in [-0.1, -0.05) is 30.8 Å². The molecule has 2 aliphatic rings. The summed E-state index contributed by atoms with van der Waals surface area (Å²) in [4.78, 5) is 10.8. The molecule has 2 fully saturated rings. The van der Waals surface area contributed by atoms with E-state index in [1.807, 2.05) is 35.9 Å². The second-order valence-electron chi connectivity index (χ2n) is 9.07. The maximum Gasteiger partial charge on any atom is 0.235 e. The van der Waals surface area contributed by atoms with Crippen LogP contribution in [-0.4, -0.2) is 63.4 Å². The molecule has 0 bridgehead atoms. The van der Waals surface area contributed by atoms with E-state index in [0.29, 0.717) is 31.0 Å². The van der Waals surface area contributed by atoms with Crippen molar-refractivity contribution in [1.29, 1.82) is 0 Å². The van der Waals surface area contributed by atoms with Crippen molar-refractivity contribution >= 4 is 26.9 Å². The summed E-state index contributed by atoms with van der Waals surface area (Å²) in [6, 6.07) is 7.88. The summed E-state index contributed by atoms with van der Waals surface area (Å²) in [5.74, 6) is 0.356. The van der Waals surface area contributed by atoms with Crippen molar-refractivity contribution in [3.8, 4) is 11.1 Å². The number of nitrogens with zero attached hydrogens (tertiary/aromatic N) is 5. The van der Waals surface area contributed by atoms with Gasteiger partial charge in [0, 0.05) is 55.8 Å². The minimum absolute atomic E-state index is 0.0295. The van der Waals surface area contributed by atoms with Crippen molar-refractivity contribution in [2.24, 2.45) is 7.05 Å². The van der Waals surface area contributed by atoms with Crippen LogP contribution < -0.4 is 5.73 Å². The van der Waals surface area contributed by atoms with Crippen LogP contribution in [0.4, 0.5) is 5.82 Å². The summed E-state index contributed by atoms with van der Waals surface area (Å²) in [5.41, 5.74) is 10.7. The Hall–Kier alpha value is -2.79. The van der Waals surface area contributed by atoms with Crippen LogP contribution in [0.2, 0.25) is 0 Å². The van der Waals surface area contributed by atoms with Crippen LogP contribution in [0, 0.1) is 0 Å². The largest absolute Gasteiger partial charge is 0.383 e. The molecule has 10 heteroatoms. The van der Waals surface area contributed by atoms with E-state index in [4.69, 9.17) is 5.73 Å². The minimum atomic E-state index is -3.49. The molecule has 4 heterocycles. The van der Waals surface area contributed by atoms with Gasteiger partial charge in [0.25, 0.3) is 0 Å². The van der Waals surface area contributed by atoms with Crippen LogP contribution in [0.25, 0.3) is 22.2 Å². The number of rotatable bonds is 6. The molecule has 1 aromatic carbocycles. The highest BCUT2D eigenvalue weighted by Gasteiger charge is 2.35. The average Bonchev–Trinajstić information content (AvgIpc) is 3.59. The number of likely N-dealkylation sites (tertiary alicyclic amines) is 1. The van der Waals surface area contributed by atoms with Gasteiger partial charge in [0.2, 0.25) is 10.0 Å². The molecular formula is C24H30N6O3S. The number of benzene rings is 1. The number of fused-ring (bicyclic) bond motifs is 1. The van der Waals surface area contributed by atoms with Crippen LogP contribution in [0.3, 0.4) is 0 Å². The second kappa shape index (κ2) is 8.77. The van der Waals surface area contributed by atoms with E-state index in [1.165, 1.54) is 10.6 Å².